The van der Waals surface area contributed by atoms with E-state index < -0.39 is 0 Å². The second-order valence-electron chi connectivity index (χ2n) is 7.70. The van der Waals surface area contributed by atoms with Crippen LogP contribution in [-0.2, 0) is 15.6 Å². The van der Waals surface area contributed by atoms with E-state index in [0.29, 0.717) is 9.23 Å². The van der Waals surface area contributed by atoms with Gasteiger partial charge in [0, 0.05) is 0 Å². The molecule has 2 nitrogen and oxygen atoms in total. The Morgan fingerprint density at radius 2 is 1.50 bits per heavy atom. The van der Waals surface area contributed by atoms with Crippen LogP contribution in [0.4, 0.5) is 0 Å². The summed E-state index contributed by atoms with van der Waals surface area (Å²) in [4.78, 5) is 12.5. The first-order chi connectivity index (χ1) is 9.96. The Balaban J connectivity index is 2.54. The highest BCUT2D eigenvalue weighted by Gasteiger charge is 2.24. The Hall–Kier alpha value is -1.13. The third kappa shape index (κ3) is 3.99. The predicted molar refractivity (Wildman–Crippen MR) is 100 cm³/mol. The summed E-state index contributed by atoms with van der Waals surface area (Å²) in [6.07, 6.45) is 1.93. The molecule has 0 radical (unpaired) electrons. The number of rotatable bonds is 1. The van der Waals surface area contributed by atoms with E-state index in [9.17, 15) is 4.79 Å². The first-order valence-corrected chi connectivity index (χ1v) is 8.60. The highest BCUT2D eigenvalue weighted by Crippen LogP contribution is 2.32. The highest BCUT2D eigenvalue weighted by molar-refractivity contribution is 8.26. The summed E-state index contributed by atoms with van der Waals surface area (Å²) >= 11 is 6.38. The number of hydrogen-bond donors (Lipinski definition) is 1. The molecule has 0 spiro atoms. The van der Waals surface area contributed by atoms with E-state index in [1.54, 1.807) is 0 Å². The van der Waals surface area contributed by atoms with Crippen LogP contribution < -0.4 is 5.32 Å². The normalized spacial score (nSPS) is 18.0. The van der Waals surface area contributed by atoms with Gasteiger partial charge in [0.05, 0.1) is 4.91 Å². The van der Waals surface area contributed by atoms with Crippen LogP contribution in [0.15, 0.2) is 23.1 Å². The minimum Gasteiger partial charge on any atom is -0.307 e. The van der Waals surface area contributed by atoms with Crippen molar-refractivity contribution in [2.75, 3.05) is 0 Å². The van der Waals surface area contributed by atoms with E-state index in [1.807, 2.05) is 6.08 Å². The number of carbonyl (C=O) groups is 1. The molecule has 0 unspecified atom stereocenters. The SMILES string of the molecule is CC(C)(C)c1cc(/C=C2\SC(=S)NC2=O)cc(C(C)(C)C)c1. The average Bonchev–Trinajstić information content (AvgIpc) is 2.65. The Morgan fingerprint density at radius 3 is 1.86 bits per heavy atom. The molecule has 2 rings (SSSR count). The van der Waals surface area contributed by atoms with Gasteiger partial charge in [-0.05, 0) is 33.6 Å². The number of nitrogens with one attached hydrogen (secondary N) is 1. The third-order valence-electron chi connectivity index (χ3n) is 3.63. The summed E-state index contributed by atoms with van der Waals surface area (Å²) in [5.41, 5.74) is 3.74. The molecule has 0 aliphatic carbocycles. The lowest BCUT2D eigenvalue weighted by Gasteiger charge is -2.25. The van der Waals surface area contributed by atoms with Gasteiger partial charge >= 0.3 is 0 Å². The van der Waals surface area contributed by atoms with Crippen molar-refractivity contribution >= 4 is 40.3 Å². The quantitative estimate of drug-likeness (QED) is 0.593. The van der Waals surface area contributed by atoms with Gasteiger partial charge in [0.1, 0.15) is 4.32 Å². The van der Waals surface area contributed by atoms with Crippen molar-refractivity contribution in [2.45, 2.75) is 52.4 Å². The molecule has 0 atom stereocenters. The van der Waals surface area contributed by atoms with Gasteiger partial charge in [0.25, 0.3) is 5.91 Å². The van der Waals surface area contributed by atoms with E-state index in [2.05, 4.69) is 65.1 Å². The van der Waals surface area contributed by atoms with E-state index in [0.717, 1.165) is 5.56 Å². The fourth-order valence-electron chi connectivity index (χ4n) is 2.17. The van der Waals surface area contributed by atoms with Crippen molar-refractivity contribution in [1.29, 1.82) is 0 Å². The molecule has 1 amide bonds. The lowest BCUT2D eigenvalue weighted by atomic mass is 9.79. The van der Waals surface area contributed by atoms with Gasteiger partial charge in [-0.1, -0.05) is 83.7 Å². The van der Waals surface area contributed by atoms with Crippen molar-refractivity contribution < 1.29 is 4.79 Å². The maximum atomic E-state index is 11.9. The van der Waals surface area contributed by atoms with Crippen LogP contribution in [0.25, 0.3) is 6.08 Å². The topological polar surface area (TPSA) is 29.1 Å². The molecule has 1 aromatic carbocycles. The number of carbonyl (C=O) groups excluding carboxylic acids is 1. The lowest BCUT2D eigenvalue weighted by molar-refractivity contribution is -0.115. The van der Waals surface area contributed by atoms with E-state index in [4.69, 9.17) is 12.2 Å². The summed E-state index contributed by atoms with van der Waals surface area (Å²) in [6, 6.07) is 6.60. The largest absolute Gasteiger partial charge is 0.307 e. The fraction of sp³-hybridized carbons (Fsp3) is 0.444. The van der Waals surface area contributed by atoms with Gasteiger partial charge in [-0.15, -0.1) is 0 Å². The van der Waals surface area contributed by atoms with Crippen LogP contribution >= 0.6 is 24.0 Å². The molecule has 0 saturated carbocycles. The van der Waals surface area contributed by atoms with Gasteiger partial charge < -0.3 is 5.32 Å². The van der Waals surface area contributed by atoms with Crippen molar-refractivity contribution in [3.05, 3.63) is 39.8 Å². The van der Waals surface area contributed by atoms with Crippen molar-refractivity contribution in [2.24, 2.45) is 0 Å². The Labute approximate surface area is 142 Å². The molecule has 1 aromatic rings. The van der Waals surface area contributed by atoms with Crippen molar-refractivity contribution in [1.82, 2.24) is 5.32 Å². The first-order valence-electron chi connectivity index (χ1n) is 7.38. The van der Waals surface area contributed by atoms with E-state index in [1.165, 1.54) is 22.9 Å². The molecule has 1 heterocycles. The molecule has 1 fully saturated rings. The fourth-order valence-corrected chi connectivity index (χ4v) is 3.22. The summed E-state index contributed by atoms with van der Waals surface area (Å²) < 4.78 is 0.527. The molecule has 1 aliphatic rings. The Kier molecular flexibility index (Phi) is 4.56. The highest BCUT2D eigenvalue weighted by atomic mass is 32.2. The molecule has 0 aromatic heterocycles. The summed E-state index contributed by atoms with van der Waals surface area (Å²) in [7, 11) is 0. The minimum atomic E-state index is -0.103. The van der Waals surface area contributed by atoms with Gasteiger partial charge in [-0.3, -0.25) is 4.79 Å². The molecular weight excluding hydrogens is 310 g/mol. The van der Waals surface area contributed by atoms with Crippen LogP contribution in [0.3, 0.4) is 0 Å². The summed E-state index contributed by atoms with van der Waals surface area (Å²) in [5, 5.41) is 2.66. The number of thiocarbonyl (C=S) groups is 1. The molecule has 22 heavy (non-hydrogen) atoms. The van der Waals surface area contributed by atoms with Crippen LogP contribution in [0.1, 0.15) is 58.2 Å². The molecule has 118 valence electrons. The average molecular weight is 334 g/mol. The van der Waals surface area contributed by atoms with Gasteiger partial charge in [0.2, 0.25) is 0 Å². The number of thioether (sulfide) groups is 1. The maximum Gasteiger partial charge on any atom is 0.263 e. The summed E-state index contributed by atoms with van der Waals surface area (Å²) in [5.74, 6) is -0.103. The second kappa shape index (κ2) is 5.82. The van der Waals surface area contributed by atoms with Crippen LogP contribution in [0.2, 0.25) is 0 Å². The number of amides is 1. The van der Waals surface area contributed by atoms with Crippen molar-refractivity contribution in [3.63, 3.8) is 0 Å². The minimum absolute atomic E-state index is 0.0644. The zero-order chi connectivity index (χ0) is 16.7. The maximum absolute atomic E-state index is 11.9. The van der Waals surface area contributed by atoms with Crippen molar-refractivity contribution in [3.8, 4) is 0 Å². The van der Waals surface area contributed by atoms with Gasteiger partial charge in [-0.2, -0.15) is 0 Å². The predicted octanol–water partition coefficient (Wildman–Crippen LogP) is 4.77. The van der Waals surface area contributed by atoms with Gasteiger partial charge in [0.15, 0.2) is 0 Å². The Morgan fingerprint density at radius 1 is 1.00 bits per heavy atom. The van der Waals surface area contributed by atoms with E-state index >= 15 is 0 Å². The van der Waals surface area contributed by atoms with Crippen LogP contribution in [0, 0.1) is 0 Å². The van der Waals surface area contributed by atoms with E-state index in [-0.39, 0.29) is 16.7 Å². The second-order valence-corrected chi connectivity index (χ2v) is 9.41. The monoisotopic (exact) mass is 333 g/mol. The molecule has 1 saturated heterocycles. The zero-order valence-corrected chi connectivity index (χ0v) is 15.7. The number of hydrogen-bond acceptors (Lipinski definition) is 3. The third-order valence-corrected chi connectivity index (χ3v) is 4.79. The lowest BCUT2D eigenvalue weighted by Crippen LogP contribution is -2.18. The molecule has 1 N–H and O–H groups in total. The zero-order valence-electron chi connectivity index (χ0n) is 14.0. The number of benzene rings is 1. The molecule has 4 heteroatoms. The van der Waals surface area contributed by atoms with Gasteiger partial charge in [-0.25, -0.2) is 0 Å². The molecule has 0 bridgehead atoms. The molecular formula is C18H23NOS2. The standard InChI is InChI=1S/C18H23NOS2/c1-17(2,3)12-7-11(8-13(10-12)18(4,5)6)9-14-15(20)19-16(21)22-14/h7-10H,1-6H3,(H,19,20,21)/b14-9-. The van der Waals surface area contributed by atoms with Crippen LogP contribution in [0.5, 0.6) is 0 Å². The van der Waals surface area contributed by atoms with Crippen LogP contribution in [-0.4, -0.2) is 10.2 Å². The first kappa shape index (κ1) is 17.2. The smallest absolute Gasteiger partial charge is 0.263 e. The molecule has 1 aliphatic heterocycles. The Bertz CT molecular complexity index is 628. The summed E-state index contributed by atoms with van der Waals surface area (Å²) in [6.45, 7) is 13.2.